The average molecular weight is 388 g/mol. The standard InChI is InChI=1S/C20H24N2O6/c1-6-21-15-8-7-12(9-14(15)20(2,3)19(21)25)22-11-28-10-13(17(23)26-4)16(22)18(24)27-5/h7-9H,6,10-11H2,1-5H3. The Morgan fingerprint density at radius 2 is 1.86 bits per heavy atom. The Labute approximate surface area is 163 Å². The molecule has 2 aliphatic heterocycles. The summed E-state index contributed by atoms with van der Waals surface area (Å²) >= 11 is 0. The van der Waals surface area contributed by atoms with Crippen LogP contribution in [0.4, 0.5) is 11.4 Å². The predicted octanol–water partition coefficient (Wildman–Crippen LogP) is 1.72. The number of anilines is 2. The fraction of sp³-hybridized carbons (Fsp3) is 0.450. The third-order valence-electron chi connectivity index (χ3n) is 5.19. The number of methoxy groups -OCH3 is 2. The maximum absolute atomic E-state index is 12.7. The molecular formula is C20H24N2O6. The second kappa shape index (κ2) is 7.27. The molecule has 0 saturated carbocycles. The topological polar surface area (TPSA) is 85.4 Å². The van der Waals surface area contributed by atoms with Gasteiger partial charge in [-0.1, -0.05) is 0 Å². The number of likely N-dealkylation sites (N-methyl/N-ethyl adjacent to an activating group) is 1. The second-order valence-electron chi connectivity index (χ2n) is 7.09. The molecule has 150 valence electrons. The van der Waals surface area contributed by atoms with Gasteiger partial charge in [0.2, 0.25) is 5.91 Å². The van der Waals surface area contributed by atoms with Crippen LogP contribution in [0.1, 0.15) is 26.3 Å². The van der Waals surface area contributed by atoms with E-state index in [2.05, 4.69) is 0 Å². The van der Waals surface area contributed by atoms with Crippen LogP contribution in [0.5, 0.6) is 0 Å². The van der Waals surface area contributed by atoms with Crippen molar-refractivity contribution in [3.8, 4) is 0 Å². The summed E-state index contributed by atoms with van der Waals surface area (Å²) in [6, 6.07) is 5.50. The summed E-state index contributed by atoms with van der Waals surface area (Å²) in [7, 11) is 2.49. The van der Waals surface area contributed by atoms with E-state index in [4.69, 9.17) is 14.2 Å². The Morgan fingerprint density at radius 3 is 2.46 bits per heavy atom. The molecule has 1 aromatic rings. The van der Waals surface area contributed by atoms with Crippen molar-refractivity contribution in [2.75, 3.05) is 43.9 Å². The molecule has 1 aromatic carbocycles. The Kier molecular flexibility index (Phi) is 5.16. The van der Waals surface area contributed by atoms with E-state index in [9.17, 15) is 14.4 Å². The highest BCUT2D eigenvalue weighted by atomic mass is 16.5. The summed E-state index contributed by atoms with van der Waals surface area (Å²) in [5.74, 6) is -1.29. The zero-order valence-electron chi connectivity index (χ0n) is 16.7. The van der Waals surface area contributed by atoms with Gasteiger partial charge < -0.3 is 24.0 Å². The maximum atomic E-state index is 12.7. The third-order valence-corrected chi connectivity index (χ3v) is 5.19. The van der Waals surface area contributed by atoms with Gasteiger partial charge in [-0.2, -0.15) is 0 Å². The van der Waals surface area contributed by atoms with Crippen LogP contribution in [0.25, 0.3) is 0 Å². The van der Waals surface area contributed by atoms with E-state index in [0.29, 0.717) is 12.2 Å². The molecular weight excluding hydrogens is 364 g/mol. The normalized spacial score (nSPS) is 18.2. The van der Waals surface area contributed by atoms with Crippen molar-refractivity contribution in [3.63, 3.8) is 0 Å². The van der Waals surface area contributed by atoms with Crippen LogP contribution in [-0.2, 0) is 34.0 Å². The predicted molar refractivity (Wildman–Crippen MR) is 102 cm³/mol. The Balaban J connectivity index is 2.13. The van der Waals surface area contributed by atoms with Crippen LogP contribution in [0.2, 0.25) is 0 Å². The number of nitrogens with zero attached hydrogens (tertiary/aromatic N) is 2. The fourth-order valence-electron chi connectivity index (χ4n) is 3.65. The first-order valence-electron chi connectivity index (χ1n) is 8.99. The first-order valence-corrected chi connectivity index (χ1v) is 8.99. The maximum Gasteiger partial charge on any atom is 0.355 e. The molecule has 0 bridgehead atoms. The molecule has 0 saturated heterocycles. The lowest BCUT2D eigenvalue weighted by atomic mass is 9.86. The van der Waals surface area contributed by atoms with E-state index in [-0.39, 0.29) is 30.5 Å². The minimum atomic E-state index is -0.696. The molecule has 0 spiro atoms. The highest BCUT2D eigenvalue weighted by molar-refractivity contribution is 6.08. The fourth-order valence-corrected chi connectivity index (χ4v) is 3.65. The van der Waals surface area contributed by atoms with Gasteiger partial charge in [0.15, 0.2) is 0 Å². The molecule has 2 aliphatic rings. The number of esters is 2. The number of amides is 1. The lowest BCUT2D eigenvalue weighted by Gasteiger charge is -2.32. The first-order chi connectivity index (χ1) is 13.3. The lowest BCUT2D eigenvalue weighted by molar-refractivity contribution is -0.140. The molecule has 0 fully saturated rings. The van der Waals surface area contributed by atoms with Gasteiger partial charge in [-0.3, -0.25) is 4.79 Å². The lowest BCUT2D eigenvalue weighted by Crippen LogP contribution is -2.39. The van der Waals surface area contributed by atoms with Crippen LogP contribution in [0.3, 0.4) is 0 Å². The summed E-state index contributed by atoms with van der Waals surface area (Å²) in [5.41, 5.74) is 1.79. The highest BCUT2D eigenvalue weighted by Gasteiger charge is 2.44. The number of hydrogen-bond donors (Lipinski definition) is 0. The molecule has 0 aromatic heterocycles. The van der Waals surface area contributed by atoms with Gasteiger partial charge in [-0.05, 0) is 44.5 Å². The van der Waals surface area contributed by atoms with Crippen molar-refractivity contribution in [2.24, 2.45) is 0 Å². The van der Waals surface area contributed by atoms with Gasteiger partial charge in [0.1, 0.15) is 12.4 Å². The minimum absolute atomic E-state index is 0.0241. The Hall–Kier alpha value is -2.87. The summed E-state index contributed by atoms with van der Waals surface area (Å²) in [4.78, 5) is 40.6. The molecule has 0 unspecified atom stereocenters. The zero-order chi connectivity index (χ0) is 20.6. The SMILES string of the molecule is CCN1C(=O)C(C)(C)c2cc(N3COCC(C(=O)OC)=C3C(=O)OC)ccc21. The van der Waals surface area contributed by atoms with Gasteiger partial charge in [-0.25, -0.2) is 9.59 Å². The summed E-state index contributed by atoms with van der Waals surface area (Å²) in [6.07, 6.45) is 0. The zero-order valence-corrected chi connectivity index (χ0v) is 16.7. The summed E-state index contributed by atoms with van der Waals surface area (Å²) in [5, 5.41) is 0. The molecule has 8 nitrogen and oxygen atoms in total. The Bertz CT molecular complexity index is 873. The number of hydrogen-bond acceptors (Lipinski definition) is 7. The smallest absolute Gasteiger partial charge is 0.355 e. The Morgan fingerprint density at radius 1 is 1.18 bits per heavy atom. The third kappa shape index (κ3) is 2.93. The minimum Gasteiger partial charge on any atom is -0.466 e. The quantitative estimate of drug-likeness (QED) is 0.726. The molecule has 8 heteroatoms. The number of fused-ring (bicyclic) bond motifs is 1. The summed E-state index contributed by atoms with van der Waals surface area (Å²) in [6.45, 7) is 6.26. The summed E-state index contributed by atoms with van der Waals surface area (Å²) < 4.78 is 15.2. The monoisotopic (exact) mass is 388 g/mol. The largest absolute Gasteiger partial charge is 0.466 e. The number of carbonyl (C=O) groups excluding carboxylic acids is 3. The number of rotatable bonds is 4. The van der Waals surface area contributed by atoms with Crippen molar-refractivity contribution >= 4 is 29.2 Å². The van der Waals surface area contributed by atoms with E-state index >= 15 is 0 Å². The molecule has 0 N–H and O–H groups in total. The van der Waals surface area contributed by atoms with Crippen LogP contribution in [0.15, 0.2) is 29.5 Å². The van der Waals surface area contributed by atoms with Crippen LogP contribution in [0, 0.1) is 0 Å². The van der Waals surface area contributed by atoms with E-state index in [1.54, 1.807) is 15.9 Å². The van der Waals surface area contributed by atoms with Gasteiger partial charge in [0.25, 0.3) is 0 Å². The molecule has 2 heterocycles. The van der Waals surface area contributed by atoms with E-state index in [0.717, 1.165) is 11.3 Å². The van der Waals surface area contributed by atoms with E-state index < -0.39 is 17.4 Å². The number of benzene rings is 1. The van der Waals surface area contributed by atoms with Crippen molar-refractivity contribution in [1.29, 1.82) is 0 Å². The highest BCUT2D eigenvalue weighted by Crippen LogP contribution is 2.43. The van der Waals surface area contributed by atoms with Gasteiger partial charge in [0, 0.05) is 17.9 Å². The number of carbonyl (C=O) groups is 3. The van der Waals surface area contributed by atoms with Gasteiger partial charge >= 0.3 is 11.9 Å². The van der Waals surface area contributed by atoms with Crippen LogP contribution >= 0.6 is 0 Å². The molecule has 0 aliphatic carbocycles. The van der Waals surface area contributed by atoms with Crippen molar-refractivity contribution in [3.05, 3.63) is 35.0 Å². The van der Waals surface area contributed by atoms with Gasteiger partial charge in [0.05, 0.1) is 31.8 Å². The second-order valence-corrected chi connectivity index (χ2v) is 7.09. The molecule has 0 radical (unpaired) electrons. The molecule has 0 atom stereocenters. The van der Waals surface area contributed by atoms with Gasteiger partial charge in [-0.15, -0.1) is 0 Å². The first kappa shape index (κ1) is 19.9. The van der Waals surface area contributed by atoms with Crippen molar-refractivity contribution in [1.82, 2.24) is 0 Å². The van der Waals surface area contributed by atoms with Crippen LogP contribution < -0.4 is 9.80 Å². The molecule has 28 heavy (non-hydrogen) atoms. The van der Waals surface area contributed by atoms with Crippen LogP contribution in [-0.4, -0.2) is 51.9 Å². The van der Waals surface area contributed by atoms with Crippen molar-refractivity contribution < 1.29 is 28.6 Å². The number of ether oxygens (including phenoxy) is 3. The molecule has 1 amide bonds. The average Bonchev–Trinajstić information content (AvgIpc) is 2.91. The molecule has 3 rings (SSSR count). The van der Waals surface area contributed by atoms with E-state index in [1.165, 1.54) is 14.2 Å². The van der Waals surface area contributed by atoms with Crippen molar-refractivity contribution in [2.45, 2.75) is 26.2 Å². The van der Waals surface area contributed by atoms with E-state index in [1.807, 2.05) is 32.9 Å².